The van der Waals surface area contributed by atoms with E-state index in [1.54, 1.807) is 11.3 Å². The number of thiazole rings is 1. The predicted octanol–water partition coefficient (Wildman–Crippen LogP) is 2.50. The van der Waals surface area contributed by atoms with E-state index in [4.69, 9.17) is 4.99 Å². The summed E-state index contributed by atoms with van der Waals surface area (Å²) in [5.74, 6) is 3.17. The normalized spacial score (nSPS) is 14.7. The molecule has 2 N–H and O–H groups in total. The van der Waals surface area contributed by atoms with Crippen molar-refractivity contribution in [3.8, 4) is 0 Å². The highest BCUT2D eigenvalue weighted by Gasteiger charge is 2.14. The van der Waals surface area contributed by atoms with Crippen molar-refractivity contribution in [1.29, 1.82) is 0 Å². The maximum absolute atomic E-state index is 4.70. The zero-order chi connectivity index (χ0) is 18.9. The molecular formula is C19H31N7S. The second-order valence-electron chi connectivity index (χ2n) is 6.90. The van der Waals surface area contributed by atoms with Gasteiger partial charge in [-0.15, -0.1) is 21.5 Å². The Morgan fingerprint density at radius 3 is 2.96 bits per heavy atom. The first-order chi connectivity index (χ1) is 13.3. The van der Waals surface area contributed by atoms with Crippen LogP contribution in [0.25, 0.3) is 0 Å². The van der Waals surface area contributed by atoms with Crippen LogP contribution in [0.15, 0.2) is 11.2 Å². The summed E-state index contributed by atoms with van der Waals surface area (Å²) < 4.78 is 2.33. The molecule has 0 aliphatic carbocycles. The molecule has 0 aromatic carbocycles. The molecule has 27 heavy (non-hydrogen) atoms. The van der Waals surface area contributed by atoms with E-state index in [9.17, 15) is 0 Å². The first kappa shape index (κ1) is 19.8. The van der Waals surface area contributed by atoms with Crippen LogP contribution in [0.4, 0.5) is 0 Å². The van der Waals surface area contributed by atoms with Crippen molar-refractivity contribution in [2.24, 2.45) is 4.99 Å². The summed E-state index contributed by atoms with van der Waals surface area (Å²) in [6.07, 6.45) is 9.63. The van der Waals surface area contributed by atoms with E-state index in [2.05, 4.69) is 44.2 Å². The number of hydrogen-bond donors (Lipinski definition) is 2. The van der Waals surface area contributed by atoms with Crippen molar-refractivity contribution in [1.82, 2.24) is 30.4 Å². The number of hydrogen-bond acceptors (Lipinski definition) is 5. The quantitative estimate of drug-likeness (QED) is 0.412. The summed E-state index contributed by atoms with van der Waals surface area (Å²) in [7, 11) is 0. The summed E-state index contributed by atoms with van der Waals surface area (Å²) in [4.78, 5) is 10.4. The van der Waals surface area contributed by atoms with Crippen LogP contribution < -0.4 is 10.6 Å². The SMILES string of the molecule is CCNC(=NCCCc1nnc2n1CCCCC2)NCCc1ncc(C)s1. The molecule has 0 saturated carbocycles. The van der Waals surface area contributed by atoms with E-state index >= 15 is 0 Å². The van der Waals surface area contributed by atoms with Crippen molar-refractivity contribution in [3.63, 3.8) is 0 Å². The van der Waals surface area contributed by atoms with E-state index in [1.165, 1.54) is 35.0 Å². The number of aromatic nitrogens is 4. The summed E-state index contributed by atoms with van der Waals surface area (Å²) in [6, 6.07) is 0. The number of aliphatic imine (C=N–C) groups is 1. The zero-order valence-corrected chi connectivity index (χ0v) is 17.3. The molecule has 8 heteroatoms. The van der Waals surface area contributed by atoms with Gasteiger partial charge in [0.05, 0.1) is 5.01 Å². The Kier molecular flexibility index (Phi) is 7.62. The van der Waals surface area contributed by atoms with Gasteiger partial charge in [-0.3, -0.25) is 4.99 Å². The van der Waals surface area contributed by atoms with E-state index < -0.39 is 0 Å². The van der Waals surface area contributed by atoms with Crippen molar-refractivity contribution in [2.75, 3.05) is 19.6 Å². The second-order valence-corrected chi connectivity index (χ2v) is 8.22. The lowest BCUT2D eigenvalue weighted by Gasteiger charge is -2.10. The van der Waals surface area contributed by atoms with Crippen LogP contribution in [0.2, 0.25) is 0 Å². The molecule has 0 bridgehead atoms. The average Bonchev–Trinajstić information content (AvgIpc) is 3.16. The van der Waals surface area contributed by atoms with Crippen LogP contribution in [0.5, 0.6) is 0 Å². The van der Waals surface area contributed by atoms with Gasteiger partial charge in [0.15, 0.2) is 5.96 Å². The molecule has 3 rings (SSSR count). The second kappa shape index (κ2) is 10.4. The standard InChI is InChI=1S/C19H31N7S/c1-3-20-19(22-12-10-18-23-14-15(2)27-18)21-11-7-9-17-25-24-16-8-5-4-6-13-26(16)17/h14H,3-13H2,1-2H3,(H2,20,21,22). The molecule has 2 aromatic rings. The number of guanidine groups is 1. The topological polar surface area (TPSA) is 80.0 Å². The fraction of sp³-hybridized carbons (Fsp3) is 0.684. The molecule has 0 atom stereocenters. The Labute approximate surface area is 165 Å². The number of fused-ring (bicyclic) bond motifs is 1. The molecule has 0 unspecified atom stereocenters. The third-order valence-electron chi connectivity index (χ3n) is 4.66. The van der Waals surface area contributed by atoms with Gasteiger partial charge in [-0.1, -0.05) is 6.42 Å². The van der Waals surface area contributed by atoms with Crippen LogP contribution in [-0.2, 0) is 25.8 Å². The van der Waals surface area contributed by atoms with Gasteiger partial charge in [0.1, 0.15) is 11.6 Å². The number of aryl methyl sites for hydroxylation is 3. The monoisotopic (exact) mass is 389 g/mol. The summed E-state index contributed by atoms with van der Waals surface area (Å²) in [5, 5.41) is 16.7. The lowest BCUT2D eigenvalue weighted by molar-refractivity contribution is 0.597. The van der Waals surface area contributed by atoms with Gasteiger partial charge in [0, 0.05) is 56.5 Å². The highest BCUT2D eigenvalue weighted by atomic mass is 32.1. The van der Waals surface area contributed by atoms with Gasteiger partial charge in [0.25, 0.3) is 0 Å². The maximum Gasteiger partial charge on any atom is 0.191 e. The zero-order valence-electron chi connectivity index (χ0n) is 16.5. The first-order valence-corrected chi connectivity index (χ1v) is 10.9. The minimum absolute atomic E-state index is 0.786. The fourth-order valence-electron chi connectivity index (χ4n) is 3.30. The molecule has 0 amide bonds. The predicted molar refractivity (Wildman–Crippen MR) is 110 cm³/mol. The molecule has 0 radical (unpaired) electrons. The molecule has 1 aliphatic heterocycles. The number of nitrogens with zero attached hydrogens (tertiary/aromatic N) is 5. The smallest absolute Gasteiger partial charge is 0.191 e. The van der Waals surface area contributed by atoms with Crippen LogP contribution in [0.1, 0.15) is 54.1 Å². The lowest BCUT2D eigenvalue weighted by atomic mass is 10.2. The van der Waals surface area contributed by atoms with Crippen molar-refractivity contribution in [2.45, 2.75) is 65.3 Å². The van der Waals surface area contributed by atoms with Crippen LogP contribution in [0, 0.1) is 6.92 Å². The van der Waals surface area contributed by atoms with Crippen molar-refractivity contribution < 1.29 is 0 Å². The Morgan fingerprint density at radius 1 is 1.22 bits per heavy atom. The molecule has 3 heterocycles. The van der Waals surface area contributed by atoms with Gasteiger partial charge in [-0.2, -0.15) is 0 Å². The third kappa shape index (κ3) is 6.02. The largest absolute Gasteiger partial charge is 0.357 e. The van der Waals surface area contributed by atoms with E-state index in [-0.39, 0.29) is 0 Å². The van der Waals surface area contributed by atoms with Gasteiger partial charge < -0.3 is 15.2 Å². The highest BCUT2D eigenvalue weighted by molar-refractivity contribution is 7.11. The average molecular weight is 390 g/mol. The molecule has 0 spiro atoms. The molecule has 0 saturated heterocycles. The Hall–Kier alpha value is -1.96. The van der Waals surface area contributed by atoms with Crippen molar-refractivity contribution in [3.05, 3.63) is 27.7 Å². The fourth-order valence-corrected chi connectivity index (χ4v) is 4.09. The van der Waals surface area contributed by atoms with Crippen LogP contribution in [-0.4, -0.2) is 45.3 Å². The maximum atomic E-state index is 4.70. The third-order valence-corrected chi connectivity index (χ3v) is 5.63. The first-order valence-electron chi connectivity index (χ1n) is 10.1. The lowest BCUT2D eigenvalue weighted by Crippen LogP contribution is -2.38. The molecule has 2 aromatic heterocycles. The van der Waals surface area contributed by atoms with Gasteiger partial charge in [-0.05, 0) is 33.1 Å². The van der Waals surface area contributed by atoms with E-state index in [0.717, 1.165) is 63.6 Å². The summed E-state index contributed by atoms with van der Waals surface area (Å²) in [5.41, 5.74) is 0. The van der Waals surface area contributed by atoms with E-state index in [1.807, 2.05) is 6.20 Å². The summed E-state index contributed by atoms with van der Waals surface area (Å²) in [6.45, 7) is 7.74. The molecule has 0 fully saturated rings. The summed E-state index contributed by atoms with van der Waals surface area (Å²) >= 11 is 1.76. The van der Waals surface area contributed by atoms with Crippen LogP contribution in [0.3, 0.4) is 0 Å². The number of nitrogens with one attached hydrogen (secondary N) is 2. The minimum Gasteiger partial charge on any atom is -0.357 e. The Morgan fingerprint density at radius 2 is 2.15 bits per heavy atom. The molecule has 7 nitrogen and oxygen atoms in total. The van der Waals surface area contributed by atoms with E-state index in [0.29, 0.717) is 0 Å². The van der Waals surface area contributed by atoms with Crippen LogP contribution >= 0.6 is 11.3 Å². The molecule has 1 aliphatic rings. The number of rotatable bonds is 8. The van der Waals surface area contributed by atoms with Gasteiger partial charge >= 0.3 is 0 Å². The molecule has 148 valence electrons. The van der Waals surface area contributed by atoms with Gasteiger partial charge in [-0.25, -0.2) is 4.98 Å². The molecular weight excluding hydrogens is 358 g/mol. The van der Waals surface area contributed by atoms with Crippen molar-refractivity contribution >= 4 is 17.3 Å². The Bertz CT molecular complexity index is 734. The minimum atomic E-state index is 0.786. The Balaban J connectivity index is 1.44. The van der Waals surface area contributed by atoms with Gasteiger partial charge in [0.2, 0.25) is 0 Å². The highest BCUT2D eigenvalue weighted by Crippen LogP contribution is 2.15.